The molecule has 0 saturated carbocycles. The lowest BCUT2D eigenvalue weighted by molar-refractivity contribution is -0.385. The molecule has 0 bridgehead atoms. The van der Waals surface area contributed by atoms with E-state index in [2.05, 4.69) is 25.3 Å². The molecule has 0 unspecified atom stereocenters. The zero-order valence-corrected chi connectivity index (χ0v) is 13.2. The Morgan fingerprint density at radius 3 is 2.95 bits per heavy atom. The van der Waals surface area contributed by atoms with Crippen molar-refractivity contribution >= 4 is 44.9 Å². The standard InChI is InChI=1S/C11H10BrN3O2S2/c1-2-9-13-11(19-14-9)18-6-7-4-3-5-8(10(7)12)15(16)17/h3-5H,2,6H2,1H3. The summed E-state index contributed by atoms with van der Waals surface area (Å²) >= 11 is 6.19. The van der Waals surface area contributed by atoms with Crippen LogP contribution in [0.15, 0.2) is 27.0 Å². The molecule has 0 aliphatic rings. The molecular weight excluding hydrogens is 350 g/mol. The van der Waals surface area contributed by atoms with Gasteiger partial charge in [-0.2, -0.15) is 4.37 Å². The first-order valence-electron chi connectivity index (χ1n) is 5.49. The van der Waals surface area contributed by atoms with Gasteiger partial charge in [0.1, 0.15) is 5.82 Å². The van der Waals surface area contributed by atoms with Crippen LogP contribution in [-0.2, 0) is 12.2 Å². The zero-order valence-electron chi connectivity index (χ0n) is 10.00. The molecule has 0 saturated heterocycles. The van der Waals surface area contributed by atoms with Crippen molar-refractivity contribution < 1.29 is 4.92 Å². The summed E-state index contributed by atoms with van der Waals surface area (Å²) in [7, 11) is 0. The molecule has 19 heavy (non-hydrogen) atoms. The average molecular weight is 360 g/mol. The third kappa shape index (κ3) is 3.52. The molecule has 0 fully saturated rings. The van der Waals surface area contributed by atoms with Crippen molar-refractivity contribution in [3.05, 3.63) is 44.2 Å². The topological polar surface area (TPSA) is 68.9 Å². The van der Waals surface area contributed by atoms with Crippen molar-refractivity contribution in [3.8, 4) is 0 Å². The van der Waals surface area contributed by atoms with Gasteiger partial charge in [0.2, 0.25) is 0 Å². The number of halogens is 1. The Morgan fingerprint density at radius 1 is 1.53 bits per heavy atom. The van der Waals surface area contributed by atoms with Gasteiger partial charge in [-0.3, -0.25) is 10.1 Å². The Balaban J connectivity index is 2.11. The maximum atomic E-state index is 10.8. The van der Waals surface area contributed by atoms with Crippen LogP contribution in [-0.4, -0.2) is 14.3 Å². The van der Waals surface area contributed by atoms with Crippen molar-refractivity contribution in [2.24, 2.45) is 0 Å². The summed E-state index contributed by atoms with van der Waals surface area (Å²) in [5.41, 5.74) is 0.969. The normalized spacial score (nSPS) is 10.6. The third-order valence-corrected chi connectivity index (χ3v) is 5.21. The van der Waals surface area contributed by atoms with Crippen LogP contribution in [0, 0.1) is 10.1 Å². The number of benzene rings is 1. The van der Waals surface area contributed by atoms with Gasteiger partial charge < -0.3 is 0 Å². The van der Waals surface area contributed by atoms with E-state index in [-0.39, 0.29) is 5.69 Å². The minimum Gasteiger partial charge on any atom is -0.258 e. The van der Waals surface area contributed by atoms with Crippen molar-refractivity contribution in [2.75, 3.05) is 0 Å². The van der Waals surface area contributed by atoms with Crippen LogP contribution < -0.4 is 0 Å². The van der Waals surface area contributed by atoms with Gasteiger partial charge in [-0.1, -0.05) is 30.8 Å². The molecule has 0 aliphatic carbocycles. The SMILES string of the molecule is CCc1nsc(SCc2cccc([N+](=O)[O-])c2Br)n1. The van der Waals surface area contributed by atoms with Gasteiger partial charge in [-0.25, -0.2) is 4.98 Å². The van der Waals surface area contributed by atoms with Crippen LogP contribution in [0.1, 0.15) is 18.3 Å². The van der Waals surface area contributed by atoms with Gasteiger partial charge >= 0.3 is 0 Å². The summed E-state index contributed by atoms with van der Waals surface area (Å²) in [4.78, 5) is 14.8. The first-order valence-corrected chi connectivity index (χ1v) is 8.04. The molecule has 0 N–H and O–H groups in total. The number of aromatic nitrogens is 2. The smallest absolute Gasteiger partial charge is 0.258 e. The van der Waals surface area contributed by atoms with Gasteiger partial charge in [0.15, 0.2) is 4.34 Å². The van der Waals surface area contributed by atoms with Crippen molar-refractivity contribution in [3.63, 3.8) is 0 Å². The van der Waals surface area contributed by atoms with E-state index in [1.54, 1.807) is 6.07 Å². The van der Waals surface area contributed by atoms with Crippen LogP contribution in [0.2, 0.25) is 0 Å². The lowest BCUT2D eigenvalue weighted by Gasteiger charge is -2.03. The minimum atomic E-state index is -0.390. The second kappa shape index (κ2) is 6.44. The number of aryl methyl sites for hydroxylation is 1. The Morgan fingerprint density at radius 2 is 2.32 bits per heavy atom. The Hall–Kier alpha value is -0.990. The Labute approximate surface area is 126 Å². The molecule has 0 spiro atoms. The number of hydrogen-bond acceptors (Lipinski definition) is 6. The highest BCUT2D eigenvalue weighted by Crippen LogP contribution is 2.33. The number of nitro groups is 1. The monoisotopic (exact) mass is 359 g/mol. The van der Waals surface area contributed by atoms with Gasteiger partial charge in [0.05, 0.1) is 9.40 Å². The van der Waals surface area contributed by atoms with Gasteiger partial charge in [-0.15, -0.1) is 0 Å². The minimum absolute atomic E-state index is 0.0876. The number of nitrogens with zero attached hydrogens (tertiary/aromatic N) is 3. The second-order valence-corrected chi connectivity index (χ2v) is 6.39. The predicted molar refractivity (Wildman–Crippen MR) is 79.6 cm³/mol. The Kier molecular flexibility index (Phi) is 4.89. The van der Waals surface area contributed by atoms with Crippen molar-refractivity contribution in [1.82, 2.24) is 9.36 Å². The summed E-state index contributed by atoms with van der Waals surface area (Å²) < 4.78 is 5.62. The first-order chi connectivity index (χ1) is 9.11. The fourth-order valence-corrected chi connectivity index (χ4v) is 3.82. The highest BCUT2D eigenvalue weighted by molar-refractivity contribution is 9.10. The van der Waals surface area contributed by atoms with Crippen LogP contribution >= 0.6 is 39.2 Å². The molecule has 5 nitrogen and oxygen atoms in total. The number of hydrogen-bond donors (Lipinski definition) is 0. The maximum absolute atomic E-state index is 10.8. The van der Waals surface area contributed by atoms with Crippen LogP contribution in [0.3, 0.4) is 0 Å². The molecule has 2 rings (SSSR count). The number of nitro benzene ring substituents is 1. The zero-order chi connectivity index (χ0) is 13.8. The second-order valence-electron chi connectivity index (χ2n) is 3.63. The highest BCUT2D eigenvalue weighted by Gasteiger charge is 2.15. The van der Waals surface area contributed by atoms with E-state index in [1.165, 1.54) is 29.4 Å². The Bertz CT molecular complexity index is 603. The van der Waals surface area contributed by atoms with Crippen LogP contribution in [0.5, 0.6) is 0 Å². The molecule has 8 heteroatoms. The van der Waals surface area contributed by atoms with Crippen molar-refractivity contribution in [1.29, 1.82) is 0 Å². The van der Waals surface area contributed by atoms with E-state index in [0.717, 1.165) is 22.1 Å². The lowest BCUT2D eigenvalue weighted by atomic mass is 10.2. The van der Waals surface area contributed by atoms with E-state index in [1.807, 2.05) is 13.0 Å². The molecular formula is C11H10BrN3O2S2. The summed E-state index contributed by atoms with van der Waals surface area (Å²) in [6.45, 7) is 2.01. The molecule has 1 heterocycles. The molecule has 1 aromatic heterocycles. The summed E-state index contributed by atoms with van der Waals surface area (Å²) in [6.07, 6.45) is 0.817. The average Bonchev–Trinajstić information content (AvgIpc) is 2.85. The number of rotatable bonds is 5. The third-order valence-electron chi connectivity index (χ3n) is 2.37. The van der Waals surface area contributed by atoms with Gasteiger partial charge in [0, 0.05) is 18.2 Å². The molecule has 1 aromatic carbocycles. The van der Waals surface area contributed by atoms with Crippen LogP contribution in [0.25, 0.3) is 0 Å². The van der Waals surface area contributed by atoms with E-state index in [4.69, 9.17) is 0 Å². The summed E-state index contributed by atoms with van der Waals surface area (Å²) in [6, 6.07) is 5.04. The quantitative estimate of drug-likeness (QED) is 0.457. The molecule has 0 amide bonds. The molecule has 100 valence electrons. The molecule has 0 aliphatic heterocycles. The molecule has 2 aromatic rings. The van der Waals surface area contributed by atoms with Gasteiger partial charge in [0.25, 0.3) is 5.69 Å². The van der Waals surface area contributed by atoms with E-state index < -0.39 is 4.92 Å². The van der Waals surface area contributed by atoms with Gasteiger partial charge in [-0.05, 0) is 33.0 Å². The maximum Gasteiger partial charge on any atom is 0.283 e. The molecule has 0 radical (unpaired) electrons. The predicted octanol–water partition coefficient (Wildman–Crippen LogP) is 4.06. The lowest BCUT2D eigenvalue weighted by Crippen LogP contribution is -1.92. The van der Waals surface area contributed by atoms with Crippen molar-refractivity contribution in [2.45, 2.75) is 23.4 Å². The summed E-state index contributed by atoms with van der Waals surface area (Å²) in [5, 5.41) is 10.8. The highest BCUT2D eigenvalue weighted by atomic mass is 79.9. The molecule has 0 atom stereocenters. The van der Waals surface area contributed by atoms with E-state index in [9.17, 15) is 10.1 Å². The fraction of sp³-hybridized carbons (Fsp3) is 0.273. The first kappa shape index (κ1) is 14.4. The van der Waals surface area contributed by atoms with Crippen LogP contribution in [0.4, 0.5) is 5.69 Å². The van der Waals surface area contributed by atoms with E-state index >= 15 is 0 Å². The summed E-state index contributed by atoms with van der Waals surface area (Å²) in [5.74, 6) is 1.46. The number of thioether (sulfide) groups is 1. The fourth-order valence-electron chi connectivity index (χ4n) is 1.40. The van der Waals surface area contributed by atoms with E-state index in [0.29, 0.717) is 10.2 Å². The largest absolute Gasteiger partial charge is 0.283 e.